The highest BCUT2D eigenvalue weighted by Gasteiger charge is 2.33. The molecule has 0 aliphatic carbocycles. The predicted octanol–water partition coefficient (Wildman–Crippen LogP) is 3.35. The molecule has 0 amide bonds. The van der Waals surface area contributed by atoms with E-state index in [4.69, 9.17) is 16.1 Å². The monoisotopic (exact) mass is 404 g/mol. The van der Waals surface area contributed by atoms with E-state index in [9.17, 15) is 8.42 Å². The van der Waals surface area contributed by atoms with Crippen molar-refractivity contribution < 1.29 is 12.9 Å². The zero-order valence-electron chi connectivity index (χ0n) is 14.3. The molecule has 0 saturated carbocycles. The van der Waals surface area contributed by atoms with E-state index >= 15 is 0 Å². The van der Waals surface area contributed by atoms with Gasteiger partial charge in [-0.3, -0.25) is 4.98 Å². The number of benzene rings is 1. The molecule has 140 valence electrons. The van der Waals surface area contributed by atoms with Crippen LogP contribution in [-0.2, 0) is 10.0 Å². The molecule has 0 bridgehead atoms. The van der Waals surface area contributed by atoms with Crippen molar-refractivity contribution in [3.63, 3.8) is 0 Å². The van der Waals surface area contributed by atoms with Crippen LogP contribution in [0.2, 0.25) is 5.02 Å². The number of halogens is 1. The summed E-state index contributed by atoms with van der Waals surface area (Å²) in [5.74, 6) is 0.695. The van der Waals surface area contributed by atoms with Gasteiger partial charge in [-0.05, 0) is 49.2 Å². The second-order valence-electron chi connectivity index (χ2n) is 6.33. The molecule has 0 N–H and O–H groups in total. The Hall–Kier alpha value is -2.29. The lowest BCUT2D eigenvalue weighted by atomic mass is 10.00. The Labute approximate surface area is 162 Å². The maximum atomic E-state index is 12.9. The summed E-state index contributed by atoms with van der Waals surface area (Å²) in [6.45, 7) is 0.761. The van der Waals surface area contributed by atoms with Gasteiger partial charge in [0.15, 0.2) is 0 Å². The molecule has 1 aliphatic heterocycles. The molecule has 3 heterocycles. The minimum Gasteiger partial charge on any atom is -0.339 e. The third-order valence-electron chi connectivity index (χ3n) is 4.52. The van der Waals surface area contributed by atoms with Crippen LogP contribution in [-0.4, -0.2) is 40.9 Å². The van der Waals surface area contributed by atoms with Crippen molar-refractivity contribution >= 4 is 21.6 Å². The van der Waals surface area contributed by atoms with Crippen LogP contribution in [0, 0.1) is 0 Å². The first kappa shape index (κ1) is 18.1. The lowest BCUT2D eigenvalue weighted by Gasteiger charge is -2.30. The quantitative estimate of drug-likeness (QED) is 0.662. The zero-order valence-corrected chi connectivity index (χ0v) is 15.9. The lowest BCUT2D eigenvalue weighted by molar-refractivity contribution is 0.265. The number of rotatable bonds is 4. The highest BCUT2D eigenvalue weighted by molar-refractivity contribution is 7.89. The number of hydrogen-bond donors (Lipinski definition) is 0. The van der Waals surface area contributed by atoms with E-state index in [2.05, 4.69) is 15.1 Å². The second-order valence-corrected chi connectivity index (χ2v) is 8.70. The number of hydrogen-bond acceptors (Lipinski definition) is 6. The van der Waals surface area contributed by atoms with Gasteiger partial charge in [-0.15, -0.1) is 0 Å². The summed E-state index contributed by atoms with van der Waals surface area (Å²) in [6.07, 6.45) is 3.17. The van der Waals surface area contributed by atoms with Crippen molar-refractivity contribution in [2.45, 2.75) is 23.7 Å². The average molecular weight is 405 g/mol. The third kappa shape index (κ3) is 3.73. The van der Waals surface area contributed by atoms with Gasteiger partial charge in [0.1, 0.15) is 5.69 Å². The Morgan fingerprint density at radius 3 is 2.70 bits per heavy atom. The standard InChI is InChI=1S/C18H17ClN4O3S/c19-14-6-8-15(9-7-14)27(24,25)23-11-3-4-13(12-23)18-21-17(22-26-18)16-5-1-2-10-20-16/h1-2,5-10,13H,3-4,11-12H2/t13-/m1/s1. The van der Waals surface area contributed by atoms with Crippen molar-refractivity contribution in [2.75, 3.05) is 13.1 Å². The summed E-state index contributed by atoms with van der Waals surface area (Å²) >= 11 is 5.86. The molecule has 0 unspecified atom stereocenters. The average Bonchev–Trinajstić information content (AvgIpc) is 3.19. The van der Waals surface area contributed by atoms with Crippen molar-refractivity contribution in [3.05, 3.63) is 59.6 Å². The van der Waals surface area contributed by atoms with Gasteiger partial charge in [0.25, 0.3) is 0 Å². The van der Waals surface area contributed by atoms with E-state index in [1.807, 2.05) is 12.1 Å². The van der Waals surface area contributed by atoms with Crippen LogP contribution >= 0.6 is 11.6 Å². The molecule has 3 aromatic rings. The topological polar surface area (TPSA) is 89.2 Å². The summed E-state index contributed by atoms with van der Waals surface area (Å²) < 4.78 is 32.7. The van der Waals surface area contributed by atoms with E-state index in [-0.39, 0.29) is 10.8 Å². The van der Waals surface area contributed by atoms with Crippen LogP contribution in [0.4, 0.5) is 0 Å². The Morgan fingerprint density at radius 2 is 1.96 bits per heavy atom. The molecule has 1 fully saturated rings. The molecule has 27 heavy (non-hydrogen) atoms. The molecule has 7 nitrogen and oxygen atoms in total. The number of piperidine rings is 1. The van der Waals surface area contributed by atoms with E-state index in [0.29, 0.717) is 35.5 Å². The minimum absolute atomic E-state index is 0.147. The highest BCUT2D eigenvalue weighted by Crippen LogP contribution is 2.30. The van der Waals surface area contributed by atoms with Crippen LogP contribution in [0.1, 0.15) is 24.7 Å². The fourth-order valence-corrected chi connectivity index (χ4v) is 4.77. The molecule has 9 heteroatoms. The van der Waals surface area contributed by atoms with E-state index in [1.54, 1.807) is 24.4 Å². The molecular formula is C18H17ClN4O3S. The third-order valence-corrected chi connectivity index (χ3v) is 6.65. The van der Waals surface area contributed by atoms with Crippen molar-refractivity contribution in [2.24, 2.45) is 0 Å². The van der Waals surface area contributed by atoms with Crippen molar-refractivity contribution in [3.8, 4) is 11.5 Å². The van der Waals surface area contributed by atoms with Crippen LogP contribution in [0.5, 0.6) is 0 Å². The summed E-state index contributed by atoms with van der Waals surface area (Å²) in [6, 6.07) is 11.7. The Balaban J connectivity index is 1.55. The number of aromatic nitrogens is 3. The SMILES string of the molecule is O=S(=O)(c1ccc(Cl)cc1)N1CCC[C@@H](c2nc(-c3ccccn3)no2)C1. The fourth-order valence-electron chi connectivity index (χ4n) is 3.12. The summed E-state index contributed by atoms with van der Waals surface area (Å²) in [5, 5.41) is 4.48. The molecular weight excluding hydrogens is 388 g/mol. The van der Waals surface area contributed by atoms with Crippen LogP contribution in [0.3, 0.4) is 0 Å². The molecule has 2 aromatic heterocycles. The van der Waals surface area contributed by atoms with Crippen molar-refractivity contribution in [1.29, 1.82) is 0 Å². The lowest BCUT2D eigenvalue weighted by Crippen LogP contribution is -2.39. The van der Waals surface area contributed by atoms with Gasteiger partial charge in [0.2, 0.25) is 21.7 Å². The maximum absolute atomic E-state index is 12.9. The van der Waals surface area contributed by atoms with Crippen LogP contribution in [0.25, 0.3) is 11.5 Å². The van der Waals surface area contributed by atoms with E-state index in [0.717, 1.165) is 12.8 Å². The van der Waals surface area contributed by atoms with Gasteiger partial charge in [0.05, 0.1) is 10.8 Å². The number of sulfonamides is 1. The molecule has 1 saturated heterocycles. The first-order chi connectivity index (χ1) is 13.0. The van der Waals surface area contributed by atoms with Gasteiger partial charge in [-0.25, -0.2) is 8.42 Å². The normalized spacial score (nSPS) is 18.5. The van der Waals surface area contributed by atoms with Gasteiger partial charge >= 0.3 is 0 Å². The summed E-state index contributed by atoms with van der Waals surface area (Å²) in [4.78, 5) is 8.86. The first-order valence-corrected chi connectivity index (χ1v) is 10.4. The van der Waals surface area contributed by atoms with Gasteiger partial charge in [-0.1, -0.05) is 22.8 Å². The molecule has 1 aromatic carbocycles. The highest BCUT2D eigenvalue weighted by atomic mass is 35.5. The van der Waals surface area contributed by atoms with Crippen LogP contribution < -0.4 is 0 Å². The minimum atomic E-state index is -3.59. The Kier molecular flexibility index (Phi) is 4.94. The Bertz CT molecular complexity index is 1020. The van der Waals surface area contributed by atoms with E-state index in [1.165, 1.54) is 16.4 Å². The summed E-state index contributed by atoms with van der Waals surface area (Å²) in [7, 11) is -3.59. The zero-order chi connectivity index (χ0) is 18.9. The van der Waals surface area contributed by atoms with Gasteiger partial charge in [0, 0.05) is 24.3 Å². The largest absolute Gasteiger partial charge is 0.339 e. The number of nitrogens with zero attached hydrogens (tertiary/aromatic N) is 4. The number of pyridine rings is 1. The molecule has 4 rings (SSSR count). The predicted molar refractivity (Wildman–Crippen MR) is 99.7 cm³/mol. The van der Waals surface area contributed by atoms with Crippen molar-refractivity contribution in [1.82, 2.24) is 19.4 Å². The van der Waals surface area contributed by atoms with Gasteiger partial charge < -0.3 is 4.52 Å². The van der Waals surface area contributed by atoms with Gasteiger partial charge in [-0.2, -0.15) is 9.29 Å². The first-order valence-electron chi connectivity index (χ1n) is 8.55. The smallest absolute Gasteiger partial charge is 0.243 e. The maximum Gasteiger partial charge on any atom is 0.243 e. The second kappa shape index (κ2) is 7.38. The Morgan fingerprint density at radius 1 is 1.15 bits per heavy atom. The molecule has 0 spiro atoms. The molecule has 1 aliphatic rings. The van der Waals surface area contributed by atoms with Crippen LogP contribution in [0.15, 0.2) is 58.1 Å². The summed E-state index contributed by atoms with van der Waals surface area (Å²) in [5.41, 5.74) is 0.619. The molecule has 1 atom stereocenters. The molecule has 0 radical (unpaired) electrons. The fraction of sp³-hybridized carbons (Fsp3) is 0.278. The van der Waals surface area contributed by atoms with E-state index < -0.39 is 10.0 Å².